The number of carbonyl (C=O) groups is 1. The number of nitrogens with one attached hydrogen (secondary N) is 1. The van der Waals surface area contributed by atoms with Crippen molar-refractivity contribution in [2.24, 2.45) is 29.4 Å². The molecule has 0 aromatic heterocycles. The summed E-state index contributed by atoms with van der Waals surface area (Å²) in [4.78, 5) is 12.4. The molecule has 2 saturated carbocycles. The molecule has 4 nitrogen and oxygen atoms in total. The van der Waals surface area contributed by atoms with Crippen molar-refractivity contribution in [1.29, 1.82) is 0 Å². The van der Waals surface area contributed by atoms with Crippen molar-refractivity contribution >= 4 is 18.3 Å². The summed E-state index contributed by atoms with van der Waals surface area (Å²) in [6.07, 6.45) is 9.19. The van der Waals surface area contributed by atoms with Gasteiger partial charge < -0.3 is 15.8 Å². The van der Waals surface area contributed by atoms with E-state index in [1.165, 1.54) is 19.3 Å². The SMILES string of the molecule is Cl.NC1C2CCCC1CC(C(=O)NCCC1CCOCC1)C2. The van der Waals surface area contributed by atoms with Gasteiger partial charge in [0, 0.05) is 31.7 Å². The van der Waals surface area contributed by atoms with Crippen LogP contribution in [0.4, 0.5) is 0 Å². The Morgan fingerprint density at radius 1 is 1.09 bits per heavy atom. The maximum absolute atomic E-state index is 12.4. The second-order valence-corrected chi connectivity index (χ2v) is 7.33. The molecule has 1 saturated heterocycles. The van der Waals surface area contributed by atoms with E-state index < -0.39 is 0 Å². The largest absolute Gasteiger partial charge is 0.381 e. The minimum absolute atomic E-state index is 0. The number of rotatable bonds is 4. The van der Waals surface area contributed by atoms with Gasteiger partial charge in [0.15, 0.2) is 0 Å². The van der Waals surface area contributed by atoms with Gasteiger partial charge in [-0.15, -0.1) is 12.4 Å². The van der Waals surface area contributed by atoms with Gasteiger partial charge in [-0.05, 0) is 62.7 Å². The molecule has 128 valence electrons. The topological polar surface area (TPSA) is 64.4 Å². The number of fused-ring (bicyclic) bond motifs is 2. The van der Waals surface area contributed by atoms with Crippen LogP contribution < -0.4 is 11.1 Å². The van der Waals surface area contributed by atoms with Crippen LogP contribution in [-0.4, -0.2) is 31.7 Å². The van der Waals surface area contributed by atoms with Crippen molar-refractivity contribution in [2.75, 3.05) is 19.8 Å². The zero-order chi connectivity index (χ0) is 14.7. The molecule has 0 aromatic rings. The van der Waals surface area contributed by atoms with E-state index >= 15 is 0 Å². The Morgan fingerprint density at radius 2 is 1.73 bits per heavy atom. The summed E-state index contributed by atoms with van der Waals surface area (Å²) in [6, 6.07) is 0.352. The highest BCUT2D eigenvalue weighted by Gasteiger charge is 2.40. The zero-order valence-corrected chi connectivity index (χ0v) is 14.3. The lowest BCUT2D eigenvalue weighted by Gasteiger charge is -2.43. The van der Waals surface area contributed by atoms with E-state index in [2.05, 4.69) is 5.32 Å². The van der Waals surface area contributed by atoms with Crippen LogP contribution in [0.1, 0.15) is 51.4 Å². The maximum atomic E-state index is 12.4. The Kier molecular flexibility index (Phi) is 6.97. The van der Waals surface area contributed by atoms with Crippen molar-refractivity contribution in [3.05, 3.63) is 0 Å². The molecule has 3 aliphatic rings. The molecule has 1 amide bonds. The van der Waals surface area contributed by atoms with Crippen LogP contribution in [0.3, 0.4) is 0 Å². The smallest absolute Gasteiger partial charge is 0.223 e. The number of nitrogens with two attached hydrogens (primary N) is 1. The Morgan fingerprint density at radius 3 is 2.36 bits per heavy atom. The van der Waals surface area contributed by atoms with Gasteiger partial charge in [0.05, 0.1) is 0 Å². The average Bonchev–Trinajstić information content (AvgIpc) is 2.48. The van der Waals surface area contributed by atoms with Gasteiger partial charge in [-0.1, -0.05) is 6.42 Å². The fourth-order valence-electron chi connectivity index (χ4n) is 4.58. The molecule has 2 bridgehead atoms. The number of ether oxygens (including phenoxy) is 1. The molecular formula is C17H31ClN2O2. The molecule has 1 aliphatic heterocycles. The molecule has 0 aromatic carbocycles. The first kappa shape index (κ1) is 18.0. The molecule has 2 unspecified atom stereocenters. The summed E-state index contributed by atoms with van der Waals surface area (Å²) in [6.45, 7) is 2.62. The van der Waals surface area contributed by atoms with Crippen LogP contribution in [0.5, 0.6) is 0 Å². The Bertz CT molecular complexity index is 347. The minimum atomic E-state index is 0. The average molecular weight is 331 g/mol. The van der Waals surface area contributed by atoms with Gasteiger partial charge >= 0.3 is 0 Å². The number of halogens is 1. The van der Waals surface area contributed by atoms with Crippen molar-refractivity contribution < 1.29 is 9.53 Å². The lowest BCUT2D eigenvalue weighted by atomic mass is 9.65. The lowest BCUT2D eigenvalue weighted by Crippen LogP contribution is -2.49. The van der Waals surface area contributed by atoms with Crippen molar-refractivity contribution in [1.82, 2.24) is 5.32 Å². The fraction of sp³-hybridized carbons (Fsp3) is 0.941. The predicted octanol–water partition coefficient (Wildman–Crippen LogP) is 2.49. The van der Waals surface area contributed by atoms with E-state index in [9.17, 15) is 4.79 Å². The van der Waals surface area contributed by atoms with Gasteiger partial charge in [-0.3, -0.25) is 4.79 Å². The first-order valence-corrected chi connectivity index (χ1v) is 8.85. The number of carbonyl (C=O) groups excluding carboxylic acids is 1. The third kappa shape index (κ3) is 4.36. The highest BCUT2D eigenvalue weighted by molar-refractivity contribution is 5.85. The van der Waals surface area contributed by atoms with Crippen LogP contribution in [0.2, 0.25) is 0 Å². The summed E-state index contributed by atoms with van der Waals surface area (Å²) < 4.78 is 5.38. The van der Waals surface area contributed by atoms with Gasteiger partial charge in [0.1, 0.15) is 0 Å². The summed E-state index contributed by atoms with van der Waals surface area (Å²) >= 11 is 0. The van der Waals surface area contributed by atoms with Crippen LogP contribution >= 0.6 is 12.4 Å². The molecule has 2 atom stereocenters. The predicted molar refractivity (Wildman–Crippen MR) is 89.9 cm³/mol. The van der Waals surface area contributed by atoms with Crippen LogP contribution in [0.15, 0.2) is 0 Å². The molecule has 1 heterocycles. The minimum Gasteiger partial charge on any atom is -0.381 e. The molecule has 3 rings (SSSR count). The molecule has 22 heavy (non-hydrogen) atoms. The van der Waals surface area contributed by atoms with Gasteiger partial charge in [0.2, 0.25) is 5.91 Å². The zero-order valence-electron chi connectivity index (χ0n) is 13.5. The molecule has 3 N–H and O–H groups in total. The van der Waals surface area contributed by atoms with E-state index in [4.69, 9.17) is 10.5 Å². The van der Waals surface area contributed by atoms with Gasteiger partial charge in [-0.25, -0.2) is 0 Å². The third-order valence-electron chi connectivity index (χ3n) is 5.98. The normalized spacial score (nSPS) is 35.5. The molecular weight excluding hydrogens is 300 g/mol. The lowest BCUT2D eigenvalue weighted by molar-refractivity contribution is -0.127. The van der Waals surface area contributed by atoms with Crippen molar-refractivity contribution in [3.63, 3.8) is 0 Å². The van der Waals surface area contributed by atoms with Gasteiger partial charge in [-0.2, -0.15) is 0 Å². The summed E-state index contributed by atoms with van der Waals surface area (Å²) in [5.74, 6) is 2.41. The molecule has 2 aliphatic carbocycles. The second kappa shape index (κ2) is 8.51. The summed E-state index contributed by atoms with van der Waals surface area (Å²) in [7, 11) is 0. The Balaban J connectivity index is 0.00000176. The van der Waals surface area contributed by atoms with E-state index in [0.29, 0.717) is 17.9 Å². The van der Waals surface area contributed by atoms with E-state index in [-0.39, 0.29) is 24.2 Å². The van der Waals surface area contributed by atoms with E-state index in [0.717, 1.165) is 57.8 Å². The van der Waals surface area contributed by atoms with Crippen LogP contribution in [-0.2, 0) is 9.53 Å². The molecule has 0 radical (unpaired) electrons. The summed E-state index contributed by atoms with van der Waals surface area (Å²) in [5, 5.41) is 3.18. The summed E-state index contributed by atoms with van der Waals surface area (Å²) in [5.41, 5.74) is 6.30. The first-order valence-electron chi connectivity index (χ1n) is 8.85. The molecule has 5 heteroatoms. The van der Waals surface area contributed by atoms with Crippen LogP contribution in [0.25, 0.3) is 0 Å². The highest BCUT2D eigenvalue weighted by Crippen LogP contribution is 2.41. The third-order valence-corrected chi connectivity index (χ3v) is 5.98. The van der Waals surface area contributed by atoms with E-state index in [1.807, 2.05) is 0 Å². The molecule has 0 spiro atoms. The van der Waals surface area contributed by atoms with E-state index in [1.54, 1.807) is 0 Å². The fourth-order valence-corrected chi connectivity index (χ4v) is 4.58. The Hall–Kier alpha value is -0.320. The highest BCUT2D eigenvalue weighted by atomic mass is 35.5. The maximum Gasteiger partial charge on any atom is 0.223 e. The quantitative estimate of drug-likeness (QED) is 0.832. The van der Waals surface area contributed by atoms with Crippen LogP contribution in [0, 0.1) is 23.7 Å². The van der Waals surface area contributed by atoms with Crippen molar-refractivity contribution in [3.8, 4) is 0 Å². The first-order chi connectivity index (χ1) is 10.2. The number of hydrogen-bond acceptors (Lipinski definition) is 3. The van der Waals surface area contributed by atoms with Crippen molar-refractivity contribution in [2.45, 2.75) is 57.4 Å². The Labute approximate surface area is 140 Å². The molecule has 3 fully saturated rings. The standard InChI is InChI=1S/C17H30N2O2.ClH/c18-16-13-2-1-3-14(16)11-15(10-13)17(20)19-7-4-12-5-8-21-9-6-12;/h12-16H,1-11,18H2,(H,19,20);1H. The van der Waals surface area contributed by atoms with Gasteiger partial charge in [0.25, 0.3) is 0 Å². The second-order valence-electron chi connectivity index (χ2n) is 7.33. The number of hydrogen-bond donors (Lipinski definition) is 2. The monoisotopic (exact) mass is 330 g/mol. The number of amides is 1.